The Labute approximate surface area is 300 Å². The van der Waals surface area contributed by atoms with Crippen molar-refractivity contribution in [3.05, 3.63) is 158 Å². The standard InChI is InChI=1S/C45H38BN3O2/c1-44(2)45(3,4)51-46(50-44)40-23-13-21-38(30-40)36-19-11-18-35(28-36)37-20-12-22-39(29-37)43-48-41(33-16-9-6-10-17-33)47-42(49-43)34-26-24-32(25-27-34)31-14-7-5-8-15-31/h5-30H,1-4H3. The summed E-state index contributed by atoms with van der Waals surface area (Å²) in [6.07, 6.45) is 0. The van der Waals surface area contributed by atoms with E-state index in [1.54, 1.807) is 0 Å². The van der Waals surface area contributed by atoms with Crippen LogP contribution in [0, 0.1) is 0 Å². The second-order valence-corrected chi connectivity index (χ2v) is 14.0. The zero-order valence-corrected chi connectivity index (χ0v) is 29.2. The third-order valence-corrected chi connectivity index (χ3v) is 9.98. The molecule has 1 aliphatic heterocycles. The minimum atomic E-state index is -0.414. The number of benzene rings is 6. The predicted octanol–water partition coefficient (Wildman–Crippen LogP) is 10.2. The lowest BCUT2D eigenvalue weighted by molar-refractivity contribution is 0.00578. The summed E-state index contributed by atoms with van der Waals surface area (Å²) in [5.41, 5.74) is 9.72. The molecule has 1 saturated heterocycles. The Morgan fingerprint density at radius 2 is 0.706 bits per heavy atom. The van der Waals surface area contributed by atoms with E-state index in [2.05, 4.69) is 149 Å². The van der Waals surface area contributed by atoms with Gasteiger partial charge in [0.15, 0.2) is 17.5 Å². The summed E-state index contributed by atoms with van der Waals surface area (Å²) in [7, 11) is -0.414. The molecular weight excluding hydrogens is 625 g/mol. The van der Waals surface area contributed by atoms with E-state index < -0.39 is 18.3 Å². The Morgan fingerprint density at radius 1 is 0.353 bits per heavy atom. The van der Waals surface area contributed by atoms with Gasteiger partial charge in [-0.1, -0.05) is 146 Å². The van der Waals surface area contributed by atoms with Crippen molar-refractivity contribution in [1.29, 1.82) is 0 Å². The Balaban J connectivity index is 1.13. The van der Waals surface area contributed by atoms with Gasteiger partial charge in [0.2, 0.25) is 0 Å². The molecule has 2 heterocycles. The van der Waals surface area contributed by atoms with E-state index in [-0.39, 0.29) is 0 Å². The summed E-state index contributed by atoms with van der Waals surface area (Å²) in [5.74, 6) is 1.89. The molecule has 0 aliphatic carbocycles. The molecule has 0 saturated carbocycles. The summed E-state index contributed by atoms with van der Waals surface area (Å²) in [6, 6.07) is 54.3. The van der Waals surface area contributed by atoms with Crippen LogP contribution in [0.2, 0.25) is 0 Å². The molecule has 5 nitrogen and oxygen atoms in total. The van der Waals surface area contributed by atoms with Gasteiger partial charge in [0, 0.05) is 16.7 Å². The van der Waals surface area contributed by atoms with Crippen LogP contribution in [0.4, 0.5) is 0 Å². The van der Waals surface area contributed by atoms with E-state index in [4.69, 9.17) is 24.3 Å². The third kappa shape index (κ3) is 6.64. The van der Waals surface area contributed by atoms with E-state index in [0.29, 0.717) is 17.5 Å². The van der Waals surface area contributed by atoms with Crippen molar-refractivity contribution in [1.82, 2.24) is 15.0 Å². The van der Waals surface area contributed by atoms with Crippen molar-refractivity contribution in [2.45, 2.75) is 38.9 Å². The molecule has 1 aromatic heterocycles. The number of nitrogens with zero attached hydrogens (tertiary/aromatic N) is 3. The van der Waals surface area contributed by atoms with Crippen LogP contribution in [0.15, 0.2) is 158 Å². The third-order valence-electron chi connectivity index (χ3n) is 9.98. The first-order valence-electron chi connectivity index (χ1n) is 17.4. The van der Waals surface area contributed by atoms with E-state index in [0.717, 1.165) is 50.0 Å². The minimum absolute atomic E-state index is 0.396. The first-order chi connectivity index (χ1) is 24.7. The van der Waals surface area contributed by atoms with Crippen molar-refractivity contribution in [3.8, 4) is 67.5 Å². The predicted molar refractivity (Wildman–Crippen MR) is 208 cm³/mol. The van der Waals surface area contributed by atoms with E-state index in [9.17, 15) is 0 Å². The Hall–Kier alpha value is -5.69. The van der Waals surface area contributed by atoms with Gasteiger partial charge in [0.25, 0.3) is 0 Å². The quantitative estimate of drug-likeness (QED) is 0.159. The molecular formula is C45H38BN3O2. The number of aromatic nitrogens is 3. The highest BCUT2D eigenvalue weighted by atomic mass is 16.7. The molecule has 248 valence electrons. The van der Waals surface area contributed by atoms with Crippen molar-refractivity contribution >= 4 is 12.6 Å². The van der Waals surface area contributed by atoms with Crippen LogP contribution in [0.25, 0.3) is 67.5 Å². The molecule has 51 heavy (non-hydrogen) atoms. The Morgan fingerprint density at radius 3 is 1.25 bits per heavy atom. The van der Waals surface area contributed by atoms with Gasteiger partial charge in [-0.3, -0.25) is 0 Å². The van der Waals surface area contributed by atoms with Crippen LogP contribution in [-0.4, -0.2) is 33.3 Å². The molecule has 0 radical (unpaired) electrons. The molecule has 1 fully saturated rings. The zero-order chi connectivity index (χ0) is 35.0. The monoisotopic (exact) mass is 663 g/mol. The minimum Gasteiger partial charge on any atom is -0.399 e. The maximum Gasteiger partial charge on any atom is 0.494 e. The summed E-state index contributed by atoms with van der Waals surface area (Å²) >= 11 is 0. The average Bonchev–Trinajstić information content (AvgIpc) is 3.41. The van der Waals surface area contributed by atoms with E-state index in [1.807, 2.05) is 36.4 Å². The first-order valence-corrected chi connectivity index (χ1v) is 17.4. The van der Waals surface area contributed by atoms with Crippen molar-refractivity contribution in [3.63, 3.8) is 0 Å². The molecule has 0 spiro atoms. The average molecular weight is 664 g/mol. The molecule has 7 aromatic rings. The highest BCUT2D eigenvalue weighted by Gasteiger charge is 2.51. The van der Waals surface area contributed by atoms with Gasteiger partial charge in [0.1, 0.15) is 0 Å². The van der Waals surface area contributed by atoms with Crippen molar-refractivity contribution in [2.75, 3.05) is 0 Å². The Bertz CT molecular complexity index is 2310. The maximum atomic E-state index is 6.35. The van der Waals surface area contributed by atoms with Gasteiger partial charge in [-0.15, -0.1) is 0 Å². The lowest BCUT2D eigenvalue weighted by Crippen LogP contribution is -2.41. The number of rotatable bonds is 7. The second kappa shape index (κ2) is 13.2. The van der Waals surface area contributed by atoms with Crippen LogP contribution in [-0.2, 0) is 9.31 Å². The highest BCUT2D eigenvalue weighted by Crippen LogP contribution is 2.37. The lowest BCUT2D eigenvalue weighted by atomic mass is 9.78. The first kappa shape index (κ1) is 32.5. The fourth-order valence-electron chi connectivity index (χ4n) is 6.35. The fourth-order valence-corrected chi connectivity index (χ4v) is 6.35. The van der Waals surface area contributed by atoms with Gasteiger partial charge in [-0.25, -0.2) is 15.0 Å². The van der Waals surface area contributed by atoms with Crippen molar-refractivity contribution in [2.24, 2.45) is 0 Å². The summed E-state index contributed by atoms with van der Waals surface area (Å²) in [5, 5.41) is 0. The molecule has 0 bridgehead atoms. The van der Waals surface area contributed by atoms with E-state index in [1.165, 1.54) is 5.56 Å². The molecule has 0 unspecified atom stereocenters. The topological polar surface area (TPSA) is 57.1 Å². The largest absolute Gasteiger partial charge is 0.494 e. The van der Waals surface area contributed by atoms with Crippen LogP contribution in [0.1, 0.15) is 27.7 Å². The Kier molecular flexibility index (Phi) is 8.43. The molecule has 6 heteroatoms. The van der Waals surface area contributed by atoms with Crippen LogP contribution in [0.5, 0.6) is 0 Å². The molecule has 0 amide bonds. The van der Waals surface area contributed by atoms with Crippen LogP contribution in [0.3, 0.4) is 0 Å². The normalized spacial score (nSPS) is 14.8. The van der Waals surface area contributed by atoms with Gasteiger partial charge in [-0.05, 0) is 78.7 Å². The second-order valence-electron chi connectivity index (χ2n) is 14.0. The zero-order valence-electron chi connectivity index (χ0n) is 29.2. The molecule has 0 atom stereocenters. The molecule has 6 aromatic carbocycles. The molecule has 1 aliphatic rings. The van der Waals surface area contributed by atoms with Gasteiger partial charge in [0.05, 0.1) is 11.2 Å². The lowest BCUT2D eigenvalue weighted by Gasteiger charge is -2.32. The fraction of sp³-hybridized carbons (Fsp3) is 0.133. The summed E-state index contributed by atoms with van der Waals surface area (Å²) in [4.78, 5) is 14.9. The number of hydrogen-bond donors (Lipinski definition) is 0. The van der Waals surface area contributed by atoms with Gasteiger partial charge < -0.3 is 9.31 Å². The smallest absolute Gasteiger partial charge is 0.399 e. The maximum absolute atomic E-state index is 6.35. The van der Waals surface area contributed by atoms with Gasteiger partial charge >= 0.3 is 7.12 Å². The number of hydrogen-bond acceptors (Lipinski definition) is 5. The molecule has 8 rings (SSSR count). The van der Waals surface area contributed by atoms with E-state index >= 15 is 0 Å². The highest BCUT2D eigenvalue weighted by molar-refractivity contribution is 6.62. The van der Waals surface area contributed by atoms with Crippen LogP contribution >= 0.6 is 0 Å². The van der Waals surface area contributed by atoms with Crippen LogP contribution < -0.4 is 5.46 Å². The summed E-state index contributed by atoms with van der Waals surface area (Å²) < 4.78 is 12.7. The van der Waals surface area contributed by atoms with Gasteiger partial charge in [-0.2, -0.15) is 0 Å². The summed E-state index contributed by atoms with van der Waals surface area (Å²) in [6.45, 7) is 8.33. The molecule has 0 N–H and O–H groups in total. The van der Waals surface area contributed by atoms with Crippen molar-refractivity contribution < 1.29 is 9.31 Å². The SMILES string of the molecule is CC1(C)OB(c2cccc(-c3cccc(-c4cccc(-c5nc(-c6ccccc6)nc(-c6ccc(-c7ccccc7)cc6)n5)c4)c3)c2)OC1(C)C.